The Kier molecular flexibility index (Phi) is 14.4. The molecule has 0 aromatic carbocycles. The van der Waals surface area contributed by atoms with Gasteiger partial charge < -0.3 is 26.6 Å². The molecule has 1 aliphatic rings. The molecular weight excluding hydrogens is 457 g/mol. The lowest BCUT2D eigenvalue weighted by molar-refractivity contribution is 0.259. The lowest BCUT2D eigenvalue weighted by atomic mass is 9.86. The van der Waals surface area contributed by atoms with Gasteiger partial charge in [0.25, 0.3) is 0 Å². The van der Waals surface area contributed by atoms with Gasteiger partial charge >= 0.3 is 26.4 Å². The average molecular weight is 503 g/mol. The van der Waals surface area contributed by atoms with Crippen LogP contribution in [-0.4, -0.2) is 69.1 Å². The van der Waals surface area contributed by atoms with Crippen molar-refractivity contribution in [2.75, 3.05) is 42.7 Å². The summed E-state index contributed by atoms with van der Waals surface area (Å²) in [5, 5.41) is 2.34. The summed E-state index contributed by atoms with van der Waals surface area (Å²) < 4.78 is 36.0. The molecule has 0 unspecified atom stereocenters. The Morgan fingerprint density at radius 2 is 1.47 bits per heavy atom. The summed E-state index contributed by atoms with van der Waals surface area (Å²) in [5.41, 5.74) is 6.60. The first-order valence-electron chi connectivity index (χ1n) is 11.8. The molecule has 0 saturated heterocycles. The summed E-state index contributed by atoms with van der Waals surface area (Å²) in [4.78, 5) is 0. The summed E-state index contributed by atoms with van der Waals surface area (Å²) in [6, 6.07) is 0. The molecule has 1 saturated carbocycles. The van der Waals surface area contributed by atoms with Crippen LogP contribution in [0, 0.1) is 5.92 Å². The van der Waals surface area contributed by atoms with E-state index in [-0.39, 0.29) is 0 Å². The molecule has 0 aromatic heterocycles. The fraction of sp³-hybridized carbons (Fsp3) is 0.739. The van der Waals surface area contributed by atoms with Gasteiger partial charge in [-0.25, -0.2) is 0 Å². The third-order valence-electron chi connectivity index (χ3n) is 6.26. The Bertz CT molecular complexity index is 607. The van der Waals surface area contributed by atoms with Crippen molar-refractivity contribution in [3.63, 3.8) is 0 Å². The molecule has 1 fully saturated rings. The normalized spacial score (nSPS) is 16.9. The maximum absolute atomic E-state index is 6.21. The van der Waals surface area contributed by atoms with E-state index in [2.05, 4.69) is 37.0 Å². The van der Waals surface area contributed by atoms with Gasteiger partial charge in [-0.1, -0.05) is 45.6 Å². The first-order valence-corrected chi connectivity index (χ1v) is 17.2. The maximum Gasteiger partial charge on any atom is 0.394 e. The summed E-state index contributed by atoms with van der Waals surface area (Å²) in [5.74, 6) is 0.637. The first kappa shape index (κ1) is 29.7. The van der Waals surface area contributed by atoms with E-state index in [4.69, 9.17) is 26.6 Å². The fourth-order valence-corrected chi connectivity index (χ4v) is 12.1. The Balaban J connectivity index is 3.54. The highest BCUT2D eigenvalue weighted by Crippen LogP contribution is 2.31. The van der Waals surface area contributed by atoms with Gasteiger partial charge in [0.1, 0.15) is 0 Å². The number of unbranched alkanes of at least 4 members (excludes halogenated alkanes) is 1. The molecule has 186 valence electrons. The highest BCUT2D eigenvalue weighted by molar-refractivity contribution is 6.85. The van der Waals surface area contributed by atoms with Crippen molar-refractivity contribution in [2.24, 2.45) is 5.92 Å². The second kappa shape index (κ2) is 15.5. The predicted molar refractivity (Wildman–Crippen MR) is 138 cm³/mol. The number of rotatable bonds is 17. The van der Waals surface area contributed by atoms with Crippen molar-refractivity contribution in [3.8, 4) is 0 Å². The molecule has 0 radical (unpaired) electrons. The number of allylic oxidation sites excluding steroid dienone is 3. The summed E-state index contributed by atoms with van der Waals surface area (Å²) in [6.45, 7) is 4.37. The predicted octanol–water partition coefficient (Wildman–Crippen LogP) is 4.87. The van der Waals surface area contributed by atoms with Crippen LogP contribution in [0.5, 0.6) is 0 Å². The molecular formula is C23H46O6Si3. The molecule has 0 aromatic rings. The lowest BCUT2D eigenvalue weighted by Gasteiger charge is -2.32. The highest BCUT2D eigenvalue weighted by atomic mass is 28.4. The van der Waals surface area contributed by atoms with Crippen molar-refractivity contribution < 1.29 is 26.6 Å². The number of hydrogen-bond acceptors (Lipinski definition) is 6. The molecule has 0 bridgehead atoms. The van der Waals surface area contributed by atoms with Crippen LogP contribution in [0.3, 0.4) is 0 Å². The molecule has 1 aliphatic carbocycles. The van der Waals surface area contributed by atoms with Crippen LogP contribution in [0.1, 0.15) is 65.2 Å². The average Bonchev–Trinajstić information content (AvgIpc) is 2.79. The third kappa shape index (κ3) is 8.14. The summed E-state index contributed by atoms with van der Waals surface area (Å²) >= 11 is 0. The van der Waals surface area contributed by atoms with Gasteiger partial charge in [-0.05, 0) is 59.1 Å². The first-order chi connectivity index (χ1) is 15.4. The minimum absolute atomic E-state index is 0.637. The van der Waals surface area contributed by atoms with Crippen LogP contribution in [0.4, 0.5) is 0 Å². The zero-order valence-corrected chi connectivity index (χ0v) is 24.7. The Labute approximate surface area is 200 Å². The van der Waals surface area contributed by atoms with Crippen LogP contribution in [0.15, 0.2) is 33.6 Å². The Morgan fingerprint density at radius 1 is 0.844 bits per heavy atom. The van der Waals surface area contributed by atoms with E-state index in [0.29, 0.717) is 5.92 Å². The Morgan fingerprint density at radius 3 is 1.88 bits per heavy atom. The van der Waals surface area contributed by atoms with Gasteiger partial charge in [-0.2, -0.15) is 0 Å². The van der Waals surface area contributed by atoms with Crippen molar-refractivity contribution in [1.82, 2.24) is 0 Å². The van der Waals surface area contributed by atoms with E-state index in [1.807, 2.05) is 0 Å². The van der Waals surface area contributed by atoms with Crippen LogP contribution >= 0.6 is 0 Å². The molecule has 32 heavy (non-hydrogen) atoms. The van der Waals surface area contributed by atoms with Gasteiger partial charge in [0, 0.05) is 42.7 Å². The lowest BCUT2D eigenvalue weighted by Crippen LogP contribution is -2.46. The monoisotopic (exact) mass is 502 g/mol. The molecule has 0 aliphatic heterocycles. The largest absolute Gasteiger partial charge is 0.397 e. The zero-order valence-electron chi connectivity index (χ0n) is 21.6. The molecule has 0 heterocycles. The van der Waals surface area contributed by atoms with Crippen molar-refractivity contribution in [1.29, 1.82) is 0 Å². The quantitative estimate of drug-likeness (QED) is 0.265. The second-order valence-corrected chi connectivity index (χ2v) is 16.6. The molecule has 1 rings (SSSR count). The van der Waals surface area contributed by atoms with E-state index < -0.39 is 26.4 Å². The van der Waals surface area contributed by atoms with Gasteiger partial charge in [0.2, 0.25) is 0 Å². The zero-order chi connectivity index (χ0) is 24.0. The van der Waals surface area contributed by atoms with Crippen molar-refractivity contribution in [3.05, 3.63) is 33.6 Å². The van der Waals surface area contributed by atoms with Crippen LogP contribution in [0.2, 0.25) is 0 Å². The molecule has 0 amide bonds. The van der Waals surface area contributed by atoms with Crippen LogP contribution in [-0.2, 0) is 26.6 Å². The van der Waals surface area contributed by atoms with Gasteiger partial charge in [-0.3, -0.25) is 0 Å². The summed E-state index contributed by atoms with van der Waals surface area (Å²) in [7, 11) is 2.87. The minimum Gasteiger partial charge on any atom is -0.397 e. The highest BCUT2D eigenvalue weighted by Gasteiger charge is 2.43. The molecule has 0 spiro atoms. The second-order valence-electron chi connectivity index (χ2n) is 8.30. The molecule has 6 nitrogen and oxygen atoms in total. The third-order valence-corrected chi connectivity index (χ3v) is 14.7. The van der Waals surface area contributed by atoms with Crippen LogP contribution in [0.25, 0.3) is 0 Å². The van der Waals surface area contributed by atoms with Crippen molar-refractivity contribution in [2.45, 2.75) is 65.2 Å². The minimum atomic E-state index is -2.88. The van der Waals surface area contributed by atoms with E-state index in [1.165, 1.54) is 24.5 Å². The maximum atomic E-state index is 6.21. The topological polar surface area (TPSA) is 55.4 Å². The number of hydrogen-bond donors (Lipinski definition) is 0. The van der Waals surface area contributed by atoms with Crippen LogP contribution < -0.4 is 0 Å². The Hall–Kier alpha value is -0.369. The van der Waals surface area contributed by atoms with Gasteiger partial charge in [0.05, 0.1) is 0 Å². The van der Waals surface area contributed by atoms with E-state index in [0.717, 1.165) is 37.3 Å². The molecule has 9 heteroatoms. The fourth-order valence-electron chi connectivity index (χ4n) is 3.99. The molecule has 0 N–H and O–H groups in total. The van der Waals surface area contributed by atoms with Gasteiger partial charge in [0.15, 0.2) is 0 Å². The van der Waals surface area contributed by atoms with Crippen molar-refractivity contribution >= 4 is 26.4 Å². The van der Waals surface area contributed by atoms with E-state index in [1.54, 1.807) is 42.7 Å². The standard InChI is InChI=1S/C23H46O6Si3/c1-9-11-16-22(30(24-3)25-4)19-32(28-7,29-8)23(13-10-2)20-31(26-5,27-6)18-17-21-14-12-15-21/h17-21,30H,9-16H2,1-8H3. The van der Waals surface area contributed by atoms with E-state index in [9.17, 15) is 0 Å². The molecule has 0 atom stereocenters. The van der Waals surface area contributed by atoms with Gasteiger partial charge in [-0.15, -0.1) is 0 Å². The SMILES string of the molecule is CCCCC(=C[Si](OC)(OC)C(=C[Si](C=CC1CCC1)(OC)OC)CCC)[SiH](OC)OC. The summed E-state index contributed by atoms with van der Waals surface area (Å²) in [6.07, 6.45) is 11.0. The smallest absolute Gasteiger partial charge is 0.394 e. The van der Waals surface area contributed by atoms with E-state index >= 15 is 0 Å².